The van der Waals surface area contributed by atoms with Crippen LogP contribution in [-0.2, 0) is 0 Å². The lowest BCUT2D eigenvalue weighted by molar-refractivity contribution is 1.13. The molecule has 2 aromatic heterocycles. The van der Waals surface area contributed by atoms with Gasteiger partial charge in [0.05, 0.1) is 5.52 Å². The van der Waals surface area contributed by atoms with E-state index in [-0.39, 0.29) is 5.43 Å². The number of allylic oxidation sites excluding steroid dienone is 2. The molecule has 16 heavy (non-hydrogen) atoms. The van der Waals surface area contributed by atoms with Gasteiger partial charge in [-0.2, -0.15) is 0 Å². The summed E-state index contributed by atoms with van der Waals surface area (Å²) in [7, 11) is 0. The van der Waals surface area contributed by atoms with Crippen LogP contribution < -0.4 is 10.6 Å². The molecule has 0 saturated carbocycles. The highest BCUT2D eigenvalue weighted by Gasteiger charge is 2.04. The number of rotatable bonds is 1. The minimum absolute atomic E-state index is 0.118. The van der Waals surface area contributed by atoms with E-state index in [0.29, 0.717) is 0 Å². The minimum Gasteiger partial charge on any atom is -0.322 e. The molecule has 0 spiro atoms. The lowest BCUT2D eigenvalue weighted by atomic mass is 10.2. The maximum Gasteiger partial charge on any atom is 0.192 e. The van der Waals surface area contributed by atoms with Crippen molar-refractivity contribution >= 4 is 11.6 Å². The highest BCUT2D eigenvalue weighted by atomic mass is 16.1. The fourth-order valence-electron chi connectivity index (χ4n) is 1.94. The second-order valence-corrected chi connectivity index (χ2v) is 4.00. The summed E-state index contributed by atoms with van der Waals surface area (Å²) in [5.41, 5.74) is 3.04. The first-order chi connectivity index (χ1) is 7.65. The molecular formula is C14H15NO. The van der Waals surface area contributed by atoms with Gasteiger partial charge in [-0.1, -0.05) is 12.2 Å². The van der Waals surface area contributed by atoms with Crippen molar-refractivity contribution in [1.29, 1.82) is 0 Å². The molecule has 0 aliphatic heterocycles. The van der Waals surface area contributed by atoms with Crippen molar-refractivity contribution in [2.75, 3.05) is 0 Å². The normalized spacial score (nSPS) is 13.1. The quantitative estimate of drug-likeness (QED) is 0.710. The molecule has 2 nitrogen and oxygen atoms in total. The SMILES string of the molecule is C/C=C\C=c1\c(=O)c(C)cn2ccc(C)c12. The van der Waals surface area contributed by atoms with Crippen LogP contribution in [0.4, 0.5) is 0 Å². The van der Waals surface area contributed by atoms with E-state index in [2.05, 4.69) is 0 Å². The van der Waals surface area contributed by atoms with Crippen molar-refractivity contribution in [2.24, 2.45) is 0 Å². The summed E-state index contributed by atoms with van der Waals surface area (Å²) in [6.45, 7) is 5.82. The molecule has 0 fully saturated rings. The Morgan fingerprint density at radius 2 is 2.00 bits per heavy atom. The number of nitrogens with zero attached hydrogens (tertiary/aromatic N) is 1. The summed E-state index contributed by atoms with van der Waals surface area (Å²) in [6.07, 6.45) is 9.60. The average Bonchev–Trinajstić information content (AvgIpc) is 2.61. The number of aryl methyl sites for hydroxylation is 2. The van der Waals surface area contributed by atoms with Gasteiger partial charge in [0.1, 0.15) is 0 Å². The zero-order chi connectivity index (χ0) is 11.7. The monoisotopic (exact) mass is 213 g/mol. The van der Waals surface area contributed by atoms with Gasteiger partial charge in [-0.25, -0.2) is 0 Å². The molecule has 82 valence electrons. The van der Waals surface area contributed by atoms with Gasteiger partial charge < -0.3 is 4.40 Å². The van der Waals surface area contributed by atoms with Crippen LogP contribution in [0.3, 0.4) is 0 Å². The summed E-state index contributed by atoms with van der Waals surface area (Å²) in [6, 6.07) is 2.03. The van der Waals surface area contributed by atoms with Crippen LogP contribution in [-0.4, -0.2) is 4.40 Å². The number of fused-ring (bicyclic) bond motifs is 1. The standard InChI is InChI=1S/C14H15NO/c1-4-5-6-12-13-10(2)7-8-15(13)9-11(3)14(12)16/h4-9H,1-3H3/b5-4-,12-6+. The van der Waals surface area contributed by atoms with E-state index in [9.17, 15) is 4.79 Å². The third-order valence-corrected chi connectivity index (χ3v) is 2.76. The second-order valence-electron chi connectivity index (χ2n) is 4.00. The lowest BCUT2D eigenvalue weighted by Crippen LogP contribution is -2.28. The molecule has 0 N–H and O–H groups in total. The van der Waals surface area contributed by atoms with Crippen molar-refractivity contribution in [3.63, 3.8) is 0 Å². The molecule has 2 heteroatoms. The molecule has 2 rings (SSSR count). The maximum atomic E-state index is 12.1. The average molecular weight is 213 g/mol. The Morgan fingerprint density at radius 3 is 2.69 bits per heavy atom. The first-order valence-electron chi connectivity index (χ1n) is 5.39. The fourth-order valence-corrected chi connectivity index (χ4v) is 1.94. The zero-order valence-electron chi connectivity index (χ0n) is 9.82. The number of hydrogen-bond donors (Lipinski definition) is 0. The summed E-state index contributed by atoms with van der Waals surface area (Å²) in [5.74, 6) is 0. The van der Waals surface area contributed by atoms with E-state index in [0.717, 1.165) is 21.9 Å². The van der Waals surface area contributed by atoms with Crippen molar-refractivity contribution in [1.82, 2.24) is 4.40 Å². The smallest absolute Gasteiger partial charge is 0.192 e. The Labute approximate surface area is 94.5 Å². The molecule has 0 amide bonds. The van der Waals surface area contributed by atoms with Crippen LogP contribution in [0.15, 0.2) is 35.4 Å². The largest absolute Gasteiger partial charge is 0.322 e. The number of hydrogen-bond acceptors (Lipinski definition) is 1. The van der Waals surface area contributed by atoms with E-state index in [1.165, 1.54) is 0 Å². The predicted octanol–water partition coefficient (Wildman–Crippen LogP) is 1.99. The second kappa shape index (κ2) is 3.97. The Hall–Kier alpha value is -1.83. The van der Waals surface area contributed by atoms with Crippen LogP contribution in [0, 0.1) is 13.8 Å². The van der Waals surface area contributed by atoms with Crippen LogP contribution in [0.25, 0.3) is 11.6 Å². The molecule has 2 heterocycles. The Bertz CT molecular complexity index is 662. The molecule has 0 aromatic carbocycles. The third kappa shape index (κ3) is 1.56. The number of pyridine rings is 1. The topological polar surface area (TPSA) is 21.5 Å². The van der Waals surface area contributed by atoms with Gasteiger partial charge >= 0.3 is 0 Å². The molecular weight excluding hydrogens is 198 g/mol. The Morgan fingerprint density at radius 1 is 1.25 bits per heavy atom. The molecule has 0 radical (unpaired) electrons. The molecule has 2 aromatic rings. The molecule has 0 atom stereocenters. The van der Waals surface area contributed by atoms with E-state index in [1.807, 2.05) is 61.9 Å². The first kappa shape index (κ1) is 10.7. The Balaban J connectivity index is 3.02. The molecule has 0 bridgehead atoms. The van der Waals surface area contributed by atoms with Gasteiger partial charge in [-0.3, -0.25) is 4.79 Å². The van der Waals surface area contributed by atoms with Gasteiger partial charge in [-0.15, -0.1) is 0 Å². The highest BCUT2D eigenvalue weighted by molar-refractivity contribution is 5.61. The van der Waals surface area contributed by atoms with Gasteiger partial charge in [0.2, 0.25) is 0 Å². The van der Waals surface area contributed by atoms with Crippen LogP contribution in [0.1, 0.15) is 18.1 Å². The first-order valence-corrected chi connectivity index (χ1v) is 5.39. The van der Waals surface area contributed by atoms with Crippen molar-refractivity contribution < 1.29 is 0 Å². The third-order valence-electron chi connectivity index (χ3n) is 2.76. The number of aromatic nitrogens is 1. The van der Waals surface area contributed by atoms with E-state index in [4.69, 9.17) is 0 Å². The van der Waals surface area contributed by atoms with Gasteiger partial charge in [0.15, 0.2) is 5.43 Å². The zero-order valence-corrected chi connectivity index (χ0v) is 9.82. The lowest BCUT2D eigenvalue weighted by Gasteiger charge is -1.99. The van der Waals surface area contributed by atoms with Gasteiger partial charge in [-0.05, 0) is 38.5 Å². The highest BCUT2D eigenvalue weighted by Crippen LogP contribution is 2.06. The van der Waals surface area contributed by atoms with Crippen LogP contribution in [0.2, 0.25) is 0 Å². The van der Waals surface area contributed by atoms with Crippen LogP contribution >= 0.6 is 0 Å². The maximum absolute atomic E-state index is 12.1. The summed E-state index contributed by atoms with van der Waals surface area (Å²) < 4.78 is 2.02. The molecule has 0 aliphatic carbocycles. The van der Waals surface area contributed by atoms with Crippen molar-refractivity contribution in [3.05, 3.63) is 57.2 Å². The Kier molecular flexibility index (Phi) is 2.65. The summed E-state index contributed by atoms with van der Waals surface area (Å²) >= 11 is 0. The minimum atomic E-state index is 0.118. The molecule has 0 unspecified atom stereocenters. The van der Waals surface area contributed by atoms with E-state index < -0.39 is 0 Å². The van der Waals surface area contributed by atoms with Crippen molar-refractivity contribution in [2.45, 2.75) is 20.8 Å². The van der Waals surface area contributed by atoms with E-state index >= 15 is 0 Å². The van der Waals surface area contributed by atoms with Crippen LogP contribution in [0.5, 0.6) is 0 Å². The van der Waals surface area contributed by atoms with Crippen molar-refractivity contribution in [3.8, 4) is 0 Å². The summed E-state index contributed by atoms with van der Waals surface area (Å²) in [4.78, 5) is 12.1. The molecule has 0 aliphatic rings. The fraction of sp³-hybridized carbons (Fsp3) is 0.214. The van der Waals surface area contributed by atoms with E-state index in [1.54, 1.807) is 0 Å². The summed E-state index contributed by atoms with van der Waals surface area (Å²) in [5, 5.41) is 0.778. The van der Waals surface area contributed by atoms with Gasteiger partial charge in [0.25, 0.3) is 0 Å². The molecule has 0 saturated heterocycles. The predicted molar refractivity (Wildman–Crippen MR) is 67.6 cm³/mol. The van der Waals surface area contributed by atoms with Gasteiger partial charge in [0, 0.05) is 23.2 Å².